The number of nitrogens with one attached hydrogen (secondary N) is 2. The van der Waals surface area contributed by atoms with Gasteiger partial charge in [0.2, 0.25) is 5.88 Å². The first-order valence-electron chi connectivity index (χ1n) is 10.2. The molecule has 0 aliphatic heterocycles. The first kappa shape index (κ1) is 19.9. The van der Waals surface area contributed by atoms with Gasteiger partial charge >= 0.3 is 0 Å². The van der Waals surface area contributed by atoms with Crippen molar-refractivity contribution in [3.8, 4) is 5.88 Å². The summed E-state index contributed by atoms with van der Waals surface area (Å²) in [6.45, 7) is 3.26. The van der Waals surface area contributed by atoms with Crippen LogP contribution < -0.4 is 15.4 Å². The maximum Gasteiger partial charge on any atom is 0.213 e. The highest BCUT2D eigenvalue weighted by atomic mass is 16.5. The van der Waals surface area contributed by atoms with Crippen molar-refractivity contribution < 1.29 is 9.47 Å². The van der Waals surface area contributed by atoms with Crippen molar-refractivity contribution in [2.45, 2.75) is 51.5 Å². The molecule has 27 heavy (non-hydrogen) atoms. The minimum atomic E-state index is 0.341. The second-order valence-corrected chi connectivity index (χ2v) is 7.99. The number of aliphatic imine (C=N–C) groups is 1. The zero-order valence-corrected chi connectivity index (χ0v) is 16.8. The van der Waals surface area contributed by atoms with Gasteiger partial charge in [0.1, 0.15) is 0 Å². The van der Waals surface area contributed by atoms with Gasteiger partial charge in [-0.25, -0.2) is 4.98 Å². The first-order chi connectivity index (χ1) is 13.2. The Balaban J connectivity index is 1.46. The average Bonchev–Trinajstić information content (AvgIpc) is 3.42. The molecule has 150 valence electrons. The highest BCUT2D eigenvalue weighted by Crippen LogP contribution is 2.40. The molecule has 0 aromatic carbocycles. The standard InChI is InChI=1S/C21H34N4O2/c1-22-20(25-16-21(10-12-26-2)8-3-4-9-21)24-14-18-7-11-23-19(13-18)27-15-17-5-6-17/h7,11,13,17H,3-6,8-10,12,14-16H2,1-2H3,(H2,22,24,25). The number of ether oxygens (including phenoxy) is 2. The molecule has 0 bridgehead atoms. The first-order valence-corrected chi connectivity index (χ1v) is 10.2. The van der Waals surface area contributed by atoms with E-state index in [1.807, 2.05) is 25.4 Å². The maximum absolute atomic E-state index is 5.77. The fourth-order valence-corrected chi connectivity index (χ4v) is 3.76. The minimum absolute atomic E-state index is 0.341. The van der Waals surface area contributed by atoms with Crippen molar-refractivity contribution in [1.82, 2.24) is 15.6 Å². The van der Waals surface area contributed by atoms with Gasteiger partial charge < -0.3 is 20.1 Å². The average molecular weight is 375 g/mol. The third kappa shape index (κ3) is 6.38. The molecule has 2 N–H and O–H groups in total. The van der Waals surface area contributed by atoms with Crippen LogP contribution in [0.25, 0.3) is 0 Å². The van der Waals surface area contributed by atoms with Crippen molar-refractivity contribution in [1.29, 1.82) is 0 Å². The molecule has 1 heterocycles. The van der Waals surface area contributed by atoms with Crippen molar-refractivity contribution in [3.05, 3.63) is 23.9 Å². The number of pyridine rings is 1. The van der Waals surface area contributed by atoms with E-state index < -0.39 is 0 Å². The Bertz CT molecular complexity index is 610. The predicted molar refractivity (Wildman–Crippen MR) is 108 cm³/mol. The summed E-state index contributed by atoms with van der Waals surface area (Å²) in [6.07, 6.45) is 10.7. The third-order valence-corrected chi connectivity index (χ3v) is 5.78. The maximum atomic E-state index is 5.77. The van der Waals surface area contributed by atoms with Gasteiger partial charge in [0.15, 0.2) is 5.96 Å². The van der Waals surface area contributed by atoms with E-state index in [-0.39, 0.29) is 0 Å². The summed E-state index contributed by atoms with van der Waals surface area (Å²) in [7, 11) is 3.61. The fourth-order valence-electron chi connectivity index (χ4n) is 3.76. The van der Waals surface area contributed by atoms with Gasteiger partial charge in [0, 0.05) is 46.1 Å². The Kier molecular flexibility index (Phi) is 7.33. The molecule has 3 rings (SSSR count). The van der Waals surface area contributed by atoms with E-state index in [1.165, 1.54) is 38.5 Å². The molecule has 2 fully saturated rings. The number of guanidine groups is 1. The van der Waals surface area contributed by atoms with Gasteiger partial charge in [-0.1, -0.05) is 12.8 Å². The quantitative estimate of drug-likeness (QED) is 0.486. The van der Waals surface area contributed by atoms with Crippen molar-refractivity contribution in [2.75, 3.05) is 33.9 Å². The Morgan fingerprint density at radius 2 is 2.11 bits per heavy atom. The summed E-state index contributed by atoms with van der Waals surface area (Å²) in [5.74, 6) is 2.29. The SMILES string of the molecule is CN=C(NCc1ccnc(OCC2CC2)c1)NCC1(CCOC)CCCC1. The number of rotatable bonds is 10. The van der Waals surface area contributed by atoms with Crippen LogP contribution in [0.5, 0.6) is 5.88 Å². The highest BCUT2D eigenvalue weighted by molar-refractivity contribution is 5.79. The molecule has 0 saturated heterocycles. The number of aromatic nitrogens is 1. The zero-order valence-electron chi connectivity index (χ0n) is 16.8. The largest absolute Gasteiger partial charge is 0.477 e. The predicted octanol–water partition coefficient (Wildman–Crippen LogP) is 3.13. The molecule has 0 radical (unpaired) electrons. The van der Waals surface area contributed by atoms with Crippen LogP contribution in [-0.4, -0.2) is 44.9 Å². The van der Waals surface area contributed by atoms with E-state index in [4.69, 9.17) is 9.47 Å². The molecule has 1 aromatic heterocycles. The summed E-state index contributed by atoms with van der Waals surface area (Å²) in [6, 6.07) is 4.03. The highest BCUT2D eigenvalue weighted by Gasteiger charge is 2.33. The monoisotopic (exact) mass is 374 g/mol. The normalized spacial score (nSPS) is 19.1. The fraction of sp³-hybridized carbons (Fsp3) is 0.714. The summed E-state index contributed by atoms with van der Waals surface area (Å²) in [5.41, 5.74) is 1.49. The van der Waals surface area contributed by atoms with Crippen molar-refractivity contribution in [3.63, 3.8) is 0 Å². The van der Waals surface area contributed by atoms with Crippen LogP contribution in [0.4, 0.5) is 0 Å². The molecule has 2 aliphatic carbocycles. The van der Waals surface area contributed by atoms with Crippen LogP contribution in [0.15, 0.2) is 23.3 Å². The number of hydrogen-bond acceptors (Lipinski definition) is 4. The minimum Gasteiger partial charge on any atom is -0.477 e. The lowest BCUT2D eigenvalue weighted by Gasteiger charge is -2.30. The summed E-state index contributed by atoms with van der Waals surface area (Å²) in [5, 5.41) is 6.94. The van der Waals surface area contributed by atoms with Crippen LogP contribution in [-0.2, 0) is 11.3 Å². The smallest absolute Gasteiger partial charge is 0.213 e. The molecule has 6 nitrogen and oxygen atoms in total. The van der Waals surface area contributed by atoms with Crippen LogP contribution in [0.2, 0.25) is 0 Å². The number of methoxy groups -OCH3 is 1. The van der Waals surface area contributed by atoms with Gasteiger partial charge in [0.25, 0.3) is 0 Å². The zero-order chi connectivity index (χ0) is 19.0. The molecule has 0 atom stereocenters. The number of nitrogens with zero attached hydrogens (tertiary/aromatic N) is 2. The Morgan fingerprint density at radius 1 is 1.30 bits per heavy atom. The lowest BCUT2D eigenvalue weighted by Crippen LogP contribution is -2.43. The summed E-state index contributed by atoms with van der Waals surface area (Å²) >= 11 is 0. The molecular weight excluding hydrogens is 340 g/mol. The van der Waals surface area contributed by atoms with Crippen LogP contribution in [0, 0.1) is 11.3 Å². The molecule has 2 aliphatic rings. The van der Waals surface area contributed by atoms with Gasteiger partial charge in [0.05, 0.1) is 6.61 Å². The third-order valence-electron chi connectivity index (χ3n) is 5.78. The molecule has 2 saturated carbocycles. The molecule has 1 aromatic rings. The summed E-state index contributed by atoms with van der Waals surface area (Å²) < 4.78 is 11.1. The van der Waals surface area contributed by atoms with E-state index >= 15 is 0 Å². The van der Waals surface area contributed by atoms with Crippen molar-refractivity contribution >= 4 is 5.96 Å². The molecular formula is C21H34N4O2. The Labute approximate surface area is 163 Å². The van der Waals surface area contributed by atoms with Crippen LogP contribution in [0.3, 0.4) is 0 Å². The number of hydrogen-bond donors (Lipinski definition) is 2. The molecule has 6 heteroatoms. The lowest BCUT2D eigenvalue weighted by atomic mass is 9.83. The van der Waals surface area contributed by atoms with Gasteiger partial charge in [-0.3, -0.25) is 4.99 Å². The van der Waals surface area contributed by atoms with Gasteiger partial charge in [-0.05, 0) is 55.1 Å². The molecule has 0 spiro atoms. The topological polar surface area (TPSA) is 67.8 Å². The molecule has 0 amide bonds. The van der Waals surface area contributed by atoms with E-state index in [1.54, 1.807) is 7.11 Å². The van der Waals surface area contributed by atoms with E-state index in [0.29, 0.717) is 17.8 Å². The van der Waals surface area contributed by atoms with Crippen LogP contribution >= 0.6 is 0 Å². The van der Waals surface area contributed by atoms with E-state index in [0.717, 1.165) is 43.6 Å². The summed E-state index contributed by atoms with van der Waals surface area (Å²) in [4.78, 5) is 8.69. The van der Waals surface area contributed by atoms with Crippen molar-refractivity contribution in [2.24, 2.45) is 16.3 Å². The Hall–Kier alpha value is -1.82. The Morgan fingerprint density at radius 3 is 2.81 bits per heavy atom. The second-order valence-electron chi connectivity index (χ2n) is 7.99. The molecule has 0 unspecified atom stereocenters. The second kappa shape index (κ2) is 9.93. The van der Waals surface area contributed by atoms with Gasteiger partial charge in [-0.2, -0.15) is 0 Å². The van der Waals surface area contributed by atoms with Crippen LogP contribution in [0.1, 0.15) is 50.5 Å². The van der Waals surface area contributed by atoms with E-state index in [9.17, 15) is 0 Å². The van der Waals surface area contributed by atoms with E-state index in [2.05, 4.69) is 20.6 Å². The van der Waals surface area contributed by atoms with Gasteiger partial charge in [-0.15, -0.1) is 0 Å². The lowest BCUT2D eigenvalue weighted by molar-refractivity contribution is 0.138.